The monoisotopic (exact) mass is 271 g/mol. The van der Waals surface area contributed by atoms with Gasteiger partial charge in [0.1, 0.15) is 0 Å². The van der Waals surface area contributed by atoms with E-state index in [9.17, 15) is 20.0 Å². The highest BCUT2D eigenvalue weighted by atomic mass is 32.2. The number of carboxylic acid groups (broad SMARTS) is 1. The number of aliphatic hydroxyl groups excluding tert-OH is 1. The summed E-state index contributed by atoms with van der Waals surface area (Å²) < 4.78 is 0. The van der Waals surface area contributed by atoms with E-state index >= 15 is 0 Å². The molecule has 0 aliphatic carbocycles. The third kappa shape index (κ3) is 3.44. The minimum atomic E-state index is -1.14. The summed E-state index contributed by atoms with van der Waals surface area (Å²) in [6.45, 7) is 3.29. The van der Waals surface area contributed by atoms with Crippen molar-refractivity contribution < 1.29 is 19.9 Å². The second-order valence-corrected chi connectivity index (χ2v) is 5.23. The molecule has 0 aromatic heterocycles. The quantitative estimate of drug-likeness (QED) is 0.483. The lowest BCUT2D eigenvalue weighted by atomic mass is 10.2. The maximum Gasteiger partial charge on any atom is 0.335 e. The first kappa shape index (κ1) is 14.5. The summed E-state index contributed by atoms with van der Waals surface area (Å²) >= 11 is 1.08. The molecule has 6 nitrogen and oxygen atoms in total. The summed E-state index contributed by atoms with van der Waals surface area (Å²) in [5, 5.41) is 28.8. The molecule has 2 N–H and O–H groups in total. The van der Waals surface area contributed by atoms with Crippen molar-refractivity contribution in [3.05, 3.63) is 33.9 Å². The van der Waals surface area contributed by atoms with Gasteiger partial charge in [0.05, 0.1) is 21.5 Å². The molecule has 0 aliphatic heterocycles. The first-order chi connectivity index (χ1) is 8.32. The van der Waals surface area contributed by atoms with Gasteiger partial charge in [-0.1, -0.05) is 6.92 Å². The Kier molecular flexibility index (Phi) is 4.69. The molecule has 0 saturated carbocycles. The number of thioether (sulfide) groups is 1. The van der Waals surface area contributed by atoms with E-state index in [1.165, 1.54) is 18.2 Å². The van der Waals surface area contributed by atoms with Gasteiger partial charge in [-0.05, 0) is 19.1 Å². The van der Waals surface area contributed by atoms with Gasteiger partial charge in [-0.15, -0.1) is 11.8 Å². The van der Waals surface area contributed by atoms with E-state index in [-0.39, 0.29) is 21.4 Å². The molecule has 0 bridgehead atoms. The topological polar surface area (TPSA) is 101 Å². The van der Waals surface area contributed by atoms with Crippen LogP contribution in [0.4, 0.5) is 5.69 Å². The molecule has 0 radical (unpaired) electrons. The number of nitrogens with zero attached hydrogens (tertiary/aromatic N) is 1. The molecule has 2 unspecified atom stereocenters. The van der Waals surface area contributed by atoms with Crippen LogP contribution in [0.3, 0.4) is 0 Å². The van der Waals surface area contributed by atoms with Crippen molar-refractivity contribution in [2.75, 3.05) is 0 Å². The Morgan fingerprint density at radius 3 is 2.50 bits per heavy atom. The maximum atomic E-state index is 10.8. The highest BCUT2D eigenvalue weighted by Crippen LogP contribution is 2.34. The normalized spacial score (nSPS) is 13.9. The van der Waals surface area contributed by atoms with E-state index in [1.54, 1.807) is 13.8 Å². The number of carbonyl (C=O) groups is 1. The average Bonchev–Trinajstić information content (AvgIpc) is 2.28. The zero-order chi connectivity index (χ0) is 13.9. The molecule has 0 fully saturated rings. The summed E-state index contributed by atoms with van der Waals surface area (Å²) in [6.07, 6.45) is -0.650. The Balaban J connectivity index is 3.15. The van der Waals surface area contributed by atoms with Crippen molar-refractivity contribution in [2.45, 2.75) is 30.1 Å². The van der Waals surface area contributed by atoms with Crippen LogP contribution in [0.25, 0.3) is 0 Å². The molecule has 0 heterocycles. The fourth-order valence-electron chi connectivity index (χ4n) is 1.19. The van der Waals surface area contributed by atoms with Gasteiger partial charge < -0.3 is 10.2 Å². The summed E-state index contributed by atoms with van der Waals surface area (Å²) in [7, 11) is 0. The van der Waals surface area contributed by atoms with Gasteiger partial charge in [0.2, 0.25) is 0 Å². The number of aromatic carboxylic acids is 1. The number of carboxylic acids is 1. The smallest absolute Gasteiger partial charge is 0.335 e. The largest absolute Gasteiger partial charge is 0.478 e. The molecule has 0 spiro atoms. The zero-order valence-corrected chi connectivity index (χ0v) is 10.7. The standard InChI is InChI=1S/C11H13NO5S/c1-6(13)7(2)18-10-5-8(11(14)15)3-4-9(10)12(16)17/h3-7,13H,1-2H3,(H,14,15). The van der Waals surface area contributed by atoms with E-state index in [2.05, 4.69) is 0 Å². The predicted molar refractivity (Wildman–Crippen MR) is 67.1 cm³/mol. The van der Waals surface area contributed by atoms with Crippen LogP contribution in [-0.4, -0.2) is 32.5 Å². The van der Waals surface area contributed by atoms with Gasteiger partial charge >= 0.3 is 5.97 Å². The van der Waals surface area contributed by atoms with Crippen LogP contribution in [0.5, 0.6) is 0 Å². The van der Waals surface area contributed by atoms with E-state index in [1.807, 2.05) is 0 Å². The molecule has 7 heteroatoms. The van der Waals surface area contributed by atoms with E-state index in [0.29, 0.717) is 0 Å². The van der Waals surface area contributed by atoms with Gasteiger partial charge in [-0.25, -0.2) is 4.79 Å². The van der Waals surface area contributed by atoms with Crippen LogP contribution in [0.15, 0.2) is 23.1 Å². The minimum absolute atomic E-state index is 0.0131. The molecule has 2 atom stereocenters. The number of hydrogen-bond donors (Lipinski definition) is 2. The molecule has 0 aliphatic rings. The number of nitro groups is 1. The number of rotatable bonds is 5. The van der Waals surface area contributed by atoms with Crippen LogP contribution >= 0.6 is 11.8 Å². The van der Waals surface area contributed by atoms with Crippen LogP contribution in [-0.2, 0) is 0 Å². The first-order valence-electron chi connectivity index (χ1n) is 5.19. The van der Waals surface area contributed by atoms with Crippen molar-refractivity contribution in [3.63, 3.8) is 0 Å². The van der Waals surface area contributed by atoms with Crippen molar-refractivity contribution >= 4 is 23.4 Å². The Labute approximate surface area is 108 Å². The molecule has 98 valence electrons. The Morgan fingerprint density at radius 1 is 1.44 bits per heavy atom. The number of aliphatic hydroxyl groups is 1. The highest BCUT2D eigenvalue weighted by Gasteiger charge is 2.20. The molecule has 0 amide bonds. The summed E-state index contributed by atoms with van der Waals surface area (Å²) in [6, 6.07) is 3.61. The maximum absolute atomic E-state index is 10.8. The lowest BCUT2D eigenvalue weighted by molar-refractivity contribution is -0.387. The van der Waals surface area contributed by atoms with E-state index in [0.717, 1.165) is 11.8 Å². The number of nitro benzene ring substituents is 1. The van der Waals surface area contributed by atoms with E-state index in [4.69, 9.17) is 5.11 Å². The Morgan fingerprint density at radius 2 is 2.06 bits per heavy atom. The van der Waals surface area contributed by atoms with Gasteiger partial charge in [0.15, 0.2) is 0 Å². The number of benzene rings is 1. The molecular weight excluding hydrogens is 258 g/mol. The molecule has 1 rings (SSSR count). The summed E-state index contributed by atoms with van der Waals surface area (Å²) in [4.78, 5) is 21.3. The third-order valence-electron chi connectivity index (χ3n) is 2.40. The molecule has 18 heavy (non-hydrogen) atoms. The van der Waals surface area contributed by atoms with Crippen LogP contribution in [0.1, 0.15) is 24.2 Å². The predicted octanol–water partition coefficient (Wildman–Crippen LogP) is 2.15. The minimum Gasteiger partial charge on any atom is -0.478 e. The fraction of sp³-hybridized carbons (Fsp3) is 0.364. The fourth-order valence-corrected chi connectivity index (χ4v) is 2.25. The molecule has 1 aromatic carbocycles. The number of hydrogen-bond acceptors (Lipinski definition) is 5. The summed E-state index contributed by atoms with van der Waals surface area (Å²) in [5.41, 5.74) is -0.168. The van der Waals surface area contributed by atoms with Gasteiger partial charge in [0.25, 0.3) is 5.69 Å². The van der Waals surface area contributed by atoms with Crippen LogP contribution < -0.4 is 0 Å². The summed E-state index contributed by atoms with van der Waals surface area (Å²) in [5.74, 6) is -1.14. The van der Waals surface area contributed by atoms with Crippen LogP contribution in [0, 0.1) is 10.1 Å². The molecule has 0 saturated heterocycles. The lowest BCUT2D eigenvalue weighted by Crippen LogP contribution is -2.15. The van der Waals surface area contributed by atoms with E-state index < -0.39 is 17.0 Å². The van der Waals surface area contributed by atoms with Gasteiger partial charge in [-0.2, -0.15) is 0 Å². The van der Waals surface area contributed by atoms with Crippen molar-refractivity contribution in [1.29, 1.82) is 0 Å². The lowest BCUT2D eigenvalue weighted by Gasteiger charge is -2.14. The average molecular weight is 271 g/mol. The van der Waals surface area contributed by atoms with Crippen molar-refractivity contribution in [3.8, 4) is 0 Å². The van der Waals surface area contributed by atoms with Crippen molar-refractivity contribution in [2.24, 2.45) is 0 Å². The Hall–Kier alpha value is -1.60. The second-order valence-electron chi connectivity index (χ2n) is 3.81. The third-order valence-corrected chi connectivity index (χ3v) is 3.74. The zero-order valence-electron chi connectivity index (χ0n) is 9.86. The highest BCUT2D eigenvalue weighted by molar-refractivity contribution is 8.00. The SMILES string of the molecule is CC(O)C(C)Sc1cc(C(=O)O)ccc1[N+](=O)[O-]. The van der Waals surface area contributed by atoms with Gasteiger partial charge in [-0.3, -0.25) is 10.1 Å². The molecule has 1 aromatic rings. The molecular formula is C11H13NO5S. The van der Waals surface area contributed by atoms with Crippen molar-refractivity contribution in [1.82, 2.24) is 0 Å². The first-order valence-corrected chi connectivity index (χ1v) is 6.07. The van der Waals surface area contributed by atoms with Gasteiger partial charge in [0, 0.05) is 11.3 Å². The Bertz CT molecular complexity index is 475. The van der Waals surface area contributed by atoms with Crippen LogP contribution in [0.2, 0.25) is 0 Å². The second kappa shape index (κ2) is 5.83.